The van der Waals surface area contributed by atoms with Crippen LogP contribution in [0.25, 0.3) is 67.8 Å². The van der Waals surface area contributed by atoms with Gasteiger partial charge < -0.3 is 75.0 Å². The number of rotatable bonds is 27. The largest absolute Gasteiger partial charge is 0.497 e. The van der Waals surface area contributed by atoms with Crippen molar-refractivity contribution in [3.8, 4) is 108 Å². The van der Waals surface area contributed by atoms with E-state index < -0.39 is 0 Å². The van der Waals surface area contributed by atoms with Gasteiger partial charge in [-0.15, -0.1) is 11.3 Å². The molecule has 0 radical (unpaired) electrons. The van der Waals surface area contributed by atoms with E-state index in [1.54, 1.807) is 78.5 Å². The van der Waals surface area contributed by atoms with Crippen LogP contribution in [0.4, 0.5) is 5.13 Å². The highest BCUT2D eigenvalue weighted by Gasteiger charge is 2.39. The van der Waals surface area contributed by atoms with Gasteiger partial charge >= 0.3 is 22.8 Å². The minimum atomic E-state index is -0.349. The lowest BCUT2D eigenvalue weighted by molar-refractivity contribution is 0.0716. The van der Waals surface area contributed by atoms with Crippen molar-refractivity contribution in [1.29, 1.82) is 0 Å². The average Bonchev–Trinajstić information content (AvgIpc) is 1.58. The maximum Gasteiger partial charge on any atom is 0.334 e. The summed E-state index contributed by atoms with van der Waals surface area (Å²) < 4.78 is 46.9. The second-order valence-electron chi connectivity index (χ2n) is 36.5. The highest BCUT2D eigenvalue weighted by atomic mass is 32.1. The van der Waals surface area contributed by atoms with Gasteiger partial charge in [0.1, 0.15) is 63.0 Å². The number of thiazole rings is 1. The van der Waals surface area contributed by atoms with Crippen LogP contribution in [0.15, 0.2) is 322 Å². The summed E-state index contributed by atoms with van der Waals surface area (Å²) in [5.74, 6) is 4.03. The molecule has 149 heavy (non-hydrogen) atoms. The molecular weight excluding hydrogens is 1900 g/mol. The molecular formula is C116H122N18O14S. The third kappa shape index (κ3) is 22.8. The SMILES string of the molecule is COc1cccc(Cn2c(C(=O)N3CCNCC3)c(-c3ccccc3)n(-c3ccccc3OC)c2=O)c1.COc1ccccc1-n1c(-c2ccccc2)c(C(=O)N2CCNCC2)n(CC2CCCCC2)c1=O.COc1ccccc1-n1c(-c2ccccc2)c(C(=O)N2CCNCC2)n(Cc2cccc(Oc3ccccc3)c2)c1=O.COc1ccccc1-n1c(-c2ccccc2)c(C(=O)N2CCNCC2)n(Cc2csc(N)n2)c1=O. The Morgan fingerprint density at radius 3 is 0.919 bits per heavy atom. The fraction of sp³-hybridized carbons (Fsp3) is 0.267. The number of hydrogen-bond donors (Lipinski definition) is 5. The fourth-order valence-corrected chi connectivity index (χ4v) is 20.5. The molecule has 11 aromatic carbocycles. The van der Waals surface area contributed by atoms with Gasteiger partial charge in [0, 0.05) is 139 Å². The lowest BCUT2D eigenvalue weighted by Gasteiger charge is -2.29. The van der Waals surface area contributed by atoms with Gasteiger partial charge in [-0.3, -0.25) is 55.7 Å². The van der Waals surface area contributed by atoms with E-state index in [-0.39, 0.29) is 66.0 Å². The Balaban J connectivity index is 0.000000130. The van der Waals surface area contributed by atoms with Crippen molar-refractivity contribution in [3.63, 3.8) is 0 Å². The number of imidazole rings is 4. The van der Waals surface area contributed by atoms with Crippen molar-refractivity contribution >= 4 is 40.1 Å². The molecule has 6 N–H and O–H groups in total. The van der Waals surface area contributed by atoms with Crippen molar-refractivity contribution in [3.05, 3.63) is 384 Å². The predicted molar refractivity (Wildman–Crippen MR) is 580 cm³/mol. The summed E-state index contributed by atoms with van der Waals surface area (Å²) in [4.78, 5) is 125. The molecule has 5 fully saturated rings. The summed E-state index contributed by atoms with van der Waals surface area (Å²) in [6.45, 7) is 11.4. The predicted octanol–water partition coefficient (Wildman–Crippen LogP) is 15.0. The minimum absolute atomic E-state index is 0.0769. The Labute approximate surface area is 867 Å². The van der Waals surface area contributed by atoms with E-state index in [9.17, 15) is 38.4 Å². The van der Waals surface area contributed by atoms with E-state index in [4.69, 9.17) is 34.2 Å². The Kier molecular flexibility index (Phi) is 33.4. The van der Waals surface area contributed by atoms with Crippen LogP contribution in [0.1, 0.15) is 90.9 Å². The quantitative estimate of drug-likeness (QED) is 0.0319. The minimum Gasteiger partial charge on any atom is -0.497 e. The lowest BCUT2D eigenvalue weighted by atomic mass is 9.89. The van der Waals surface area contributed by atoms with Crippen molar-refractivity contribution in [2.24, 2.45) is 5.92 Å². The summed E-state index contributed by atoms with van der Waals surface area (Å²) in [6, 6.07) is 92.7. The number of amides is 4. The molecule has 4 aliphatic heterocycles. The second kappa shape index (κ2) is 48.6. The highest BCUT2D eigenvalue weighted by Crippen LogP contribution is 2.40. The van der Waals surface area contributed by atoms with Gasteiger partial charge in [0.2, 0.25) is 0 Å². The normalized spacial score (nSPS) is 14.2. The van der Waals surface area contributed by atoms with Crippen molar-refractivity contribution in [2.75, 3.05) is 146 Å². The molecule has 33 heteroatoms. The maximum absolute atomic E-state index is 14.5. The zero-order valence-electron chi connectivity index (χ0n) is 84.1. The summed E-state index contributed by atoms with van der Waals surface area (Å²) in [6.07, 6.45) is 5.79. The third-order valence-electron chi connectivity index (χ3n) is 27.2. The molecule has 5 aromatic heterocycles. The Morgan fingerprint density at radius 2 is 0.604 bits per heavy atom. The molecule has 16 aromatic rings. The van der Waals surface area contributed by atoms with Crippen LogP contribution in [0.2, 0.25) is 0 Å². The van der Waals surface area contributed by atoms with Crippen LogP contribution >= 0.6 is 11.3 Å². The summed E-state index contributed by atoms with van der Waals surface area (Å²) in [5.41, 5.74) is 16.2. The molecule has 9 heterocycles. The van der Waals surface area contributed by atoms with Crippen LogP contribution in [-0.4, -0.2) is 225 Å². The molecule has 0 atom stereocenters. The Morgan fingerprint density at radius 1 is 0.322 bits per heavy atom. The van der Waals surface area contributed by atoms with Crippen LogP contribution in [0.5, 0.6) is 40.2 Å². The van der Waals surface area contributed by atoms with Crippen molar-refractivity contribution < 1.29 is 47.6 Å². The number of anilines is 1. The van der Waals surface area contributed by atoms with Gasteiger partial charge in [0.05, 0.1) is 106 Å². The maximum atomic E-state index is 14.5. The van der Waals surface area contributed by atoms with Crippen molar-refractivity contribution in [2.45, 2.75) is 58.3 Å². The third-order valence-corrected chi connectivity index (χ3v) is 28.0. The summed E-state index contributed by atoms with van der Waals surface area (Å²) >= 11 is 1.30. The van der Waals surface area contributed by atoms with Crippen LogP contribution in [-0.2, 0) is 26.2 Å². The first-order valence-corrected chi connectivity index (χ1v) is 51.2. The lowest BCUT2D eigenvalue weighted by Crippen LogP contribution is -2.47. The van der Waals surface area contributed by atoms with Gasteiger partial charge in [-0.25, -0.2) is 24.2 Å². The van der Waals surface area contributed by atoms with Gasteiger partial charge in [0.15, 0.2) is 5.13 Å². The molecule has 32 nitrogen and oxygen atoms in total. The first-order chi connectivity index (χ1) is 73.0. The number of carbonyl (C=O) groups is 4. The van der Waals surface area contributed by atoms with Crippen molar-refractivity contribution in [1.82, 2.24) is 82.4 Å². The van der Waals surface area contributed by atoms with E-state index in [0.29, 0.717) is 218 Å². The van der Waals surface area contributed by atoms with Gasteiger partial charge in [-0.2, -0.15) is 0 Å². The number of benzene rings is 11. The number of hydrogen-bond acceptors (Lipinski definition) is 21. The molecule has 21 rings (SSSR count). The van der Waals surface area contributed by atoms with Crippen LogP contribution in [0, 0.1) is 5.92 Å². The smallest absolute Gasteiger partial charge is 0.334 e. The van der Waals surface area contributed by atoms with E-state index in [1.165, 1.54) is 35.2 Å². The molecule has 5 aliphatic rings. The number of piperazine rings is 4. The molecule has 1 aliphatic carbocycles. The first-order valence-electron chi connectivity index (χ1n) is 50.3. The fourth-order valence-electron chi connectivity index (χ4n) is 20.0. The molecule has 0 unspecified atom stereocenters. The number of nitrogens with zero attached hydrogens (tertiary/aromatic N) is 13. The standard InChI is InChI=1S/C34H32N4O4.C29H30N4O4.C28H34N4O3.C25H26N6O3S/c1-41-30-18-9-8-17-29(30)38-31(26-12-4-2-5-13-26)32(33(39)36-21-19-35-20-22-36)37(34(38)40)24-25-11-10-16-28(23-25)42-27-14-6-3-7-15-27;1-36-23-12-8-9-21(19-23)20-32-27(28(34)31-17-15-30-16-18-31)26(22-10-4-3-5-11-22)33(29(32)35)24-13-6-7-14-25(24)37-2;1-35-24-15-9-8-14-23(24)32-25(22-12-6-3-7-13-22)26(27(33)30-18-16-29-17-19-30)31(28(32)34)20-21-10-4-2-5-11-21;1-34-20-10-6-5-9-19(20)31-21(17-7-3-2-4-8-17)22(23(32)29-13-11-27-12-14-29)30(25(31)33)15-18-16-35-24(26)28-18/h2-18,23,35H,19-22,24H2,1H3;3-14,19,30H,15-18,20H2,1-2H3;3,6-9,12-15,21,29H,2,4-5,10-11,16-20H2,1H3;2-10,16,27H,11-15H2,1H3,(H2,26,28). The number of para-hydroxylation sites is 9. The van der Waals surface area contributed by atoms with Crippen LogP contribution < -0.4 is 78.2 Å². The Bertz CT molecular complexity index is 7590. The monoisotopic (exact) mass is 2020 g/mol. The van der Waals surface area contributed by atoms with Gasteiger partial charge in [0.25, 0.3) is 23.6 Å². The Hall–Kier alpha value is -16.6. The van der Waals surface area contributed by atoms with E-state index >= 15 is 0 Å². The number of carbonyl (C=O) groups excluding carboxylic acids is 4. The number of aromatic nitrogens is 9. The van der Waals surface area contributed by atoms with E-state index in [0.717, 1.165) is 65.1 Å². The number of ether oxygens (including phenoxy) is 6. The number of nitrogens with one attached hydrogen (secondary N) is 4. The van der Waals surface area contributed by atoms with E-state index in [2.05, 4.69) is 26.3 Å². The molecule has 1 saturated carbocycles. The van der Waals surface area contributed by atoms with Crippen LogP contribution in [0.3, 0.4) is 0 Å². The molecule has 0 spiro atoms. The topological polar surface area (TPSA) is 331 Å². The molecule has 4 saturated heterocycles. The van der Waals surface area contributed by atoms with Gasteiger partial charge in [-0.1, -0.05) is 232 Å². The number of methoxy groups -OCH3 is 5. The summed E-state index contributed by atoms with van der Waals surface area (Å²) in [5, 5.41) is 15.4. The highest BCUT2D eigenvalue weighted by molar-refractivity contribution is 7.13. The number of nitrogen functional groups attached to an aromatic ring is 1. The average molecular weight is 2020 g/mol. The summed E-state index contributed by atoms with van der Waals surface area (Å²) in [7, 11) is 7.93. The zero-order valence-corrected chi connectivity index (χ0v) is 85.0. The van der Waals surface area contributed by atoms with Gasteiger partial charge in [-0.05, 0) is 115 Å². The van der Waals surface area contributed by atoms with E-state index in [1.807, 2.05) is 311 Å². The number of nitrogens with two attached hydrogens (primary N) is 1. The molecule has 4 amide bonds. The molecule has 766 valence electrons. The first kappa shape index (κ1) is 102. The zero-order chi connectivity index (χ0) is 103. The second-order valence-corrected chi connectivity index (χ2v) is 37.4. The molecule has 0 bridgehead atoms.